The average Bonchev–Trinajstić information content (AvgIpc) is 2.41. The smallest absolute Gasteiger partial charge is 0.328 e. The van der Waals surface area contributed by atoms with E-state index in [0.29, 0.717) is 6.61 Å². The molecule has 0 fully saturated rings. The van der Waals surface area contributed by atoms with E-state index in [0.717, 1.165) is 35.3 Å². The molecule has 0 bridgehead atoms. The SMILES string of the molecule is Cc1ccc2c(c1)/C(=C/C(=O)O)CCCO2. The molecule has 0 unspecified atom stereocenters. The molecule has 16 heavy (non-hydrogen) atoms. The Labute approximate surface area is 94.4 Å². The molecule has 0 amide bonds. The molecular weight excluding hydrogens is 204 g/mol. The van der Waals surface area contributed by atoms with Gasteiger partial charge in [-0.1, -0.05) is 11.6 Å². The zero-order valence-corrected chi connectivity index (χ0v) is 9.19. The predicted octanol–water partition coefficient (Wildman–Crippen LogP) is 2.64. The van der Waals surface area contributed by atoms with Gasteiger partial charge in [0.2, 0.25) is 0 Å². The van der Waals surface area contributed by atoms with E-state index < -0.39 is 5.97 Å². The van der Waals surface area contributed by atoms with Gasteiger partial charge in [-0.25, -0.2) is 4.79 Å². The van der Waals surface area contributed by atoms with Crippen molar-refractivity contribution in [1.82, 2.24) is 0 Å². The number of rotatable bonds is 1. The summed E-state index contributed by atoms with van der Waals surface area (Å²) in [4.78, 5) is 10.8. The van der Waals surface area contributed by atoms with Crippen LogP contribution in [0.3, 0.4) is 0 Å². The highest BCUT2D eigenvalue weighted by atomic mass is 16.5. The minimum absolute atomic E-state index is 0.646. The van der Waals surface area contributed by atoms with E-state index in [1.165, 1.54) is 6.08 Å². The second-order valence-corrected chi connectivity index (χ2v) is 3.96. The van der Waals surface area contributed by atoms with Crippen LogP contribution in [0.15, 0.2) is 24.3 Å². The van der Waals surface area contributed by atoms with Gasteiger partial charge in [-0.2, -0.15) is 0 Å². The molecule has 0 atom stereocenters. The number of benzene rings is 1. The average molecular weight is 218 g/mol. The summed E-state index contributed by atoms with van der Waals surface area (Å²) in [5, 5.41) is 8.84. The van der Waals surface area contributed by atoms with Gasteiger partial charge in [0.05, 0.1) is 6.61 Å². The Morgan fingerprint density at radius 1 is 1.50 bits per heavy atom. The van der Waals surface area contributed by atoms with Gasteiger partial charge in [-0.05, 0) is 37.5 Å². The molecule has 0 saturated heterocycles. The van der Waals surface area contributed by atoms with E-state index in [9.17, 15) is 4.79 Å². The molecule has 0 saturated carbocycles. The first kappa shape index (κ1) is 10.7. The molecule has 0 aliphatic carbocycles. The van der Waals surface area contributed by atoms with Crippen LogP contribution in [-0.4, -0.2) is 17.7 Å². The maximum absolute atomic E-state index is 10.8. The monoisotopic (exact) mass is 218 g/mol. The second kappa shape index (κ2) is 4.39. The number of aliphatic carboxylic acids is 1. The van der Waals surface area contributed by atoms with E-state index in [-0.39, 0.29) is 0 Å². The van der Waals surface area contributed by atoms with E-state index in [4.69, 9.17) is 9.84 Å². The minimum atomic E-state index is -0.899. The van der Waals surface area contributed by atoms with Gasteiger partial charge in [0.25, 0.3) is 0 Å². The van der Waals surface area contributed by atoms with E-state index in [1.54, 1.807) is 0 Å². The molecule has 1 aromatic rings. The lowest BCUT2D eigenvalue weighted by Crippen LogP contribution is -1.94. The van der Waals surface area contributed by atoms with Crippen LogP contribution in [0.5, 0.6) is 5.75 Å². The number of hydrogen-bond donors (Lipinski definition) is 1. The van der Waals surface area contributed by atoms with Crippen LogP contribution in [0.4, 0.5) is 0 Å². The normalized spacial score (nSPS) is 17.4. The molecule has 0 spiro atoms. The van der Waals surface area contributed by atoms with Crippen molar-refractivity contribution in [2.75, 3.05) is 6.61 Å². The van der Waals surface area contributed by atoms with Crippen molar-refractivity contribution in [1.29, 1.82) is 0 Å². The summed E-state index contributed by atoms with van der Waals surface area (Å²) in [5.74, 6) is -0.111. The Kier molecular flexibility index (Phi) is 2.95. The molecule has 1 aliphatic rings. The van der Waals surface area contributed by atoms with Crippen LogP contribution in [-0.2, 0) is 4.79 Å². The fourth-order valence-electron chi connectivity index (χ4n) is 1.90. The number of aryl methyl sites for hydroxylation is 1. The van der Waals surface area contributed by atoms with Crippen LogP contribution in [0, 0.1) is 6.92 Å². The first-order valence-electron chi connectivity index (χ1n) is 5.34. The molecule has 3 heteroatoms. The molecule has 1 heterocycles. The lowest BCUT2D eigenvalue weighted by molar-refractivity contribution is -0.131. The van der Waals surface area contributed by atoms with Gasteiger partial charge in [-0.3, -0.25) is 0 Å². The summed E-state index contributed by atoms with van der Waals surface area (Å²) in [7, 11) is 0. The number of allylic oxidation sites excluding steroid dienone is 1. The van der Waals surface area contributed by atoms with Crippen molar-refractivity contribution in [3.05, 3.63) is 35.4 Å². The van der Waals surface area contributed by atoms with Gasteiger partial charge in [-0.15, -0.1) is 0 Å². The zero-order valence-electron chi connectivity index (χ0n) is 9.19. The maximum atomic E-state index is 10.8. The standard InChI is InChI=1S/C13H14O3/c1-9-4-5-12-11(7-9)10(8-13(14)15)3-2-6-16-12/h4-5,7-8H,2-3,6H2,1H3,(H,14,15)/b10-8+. The first-order chi connectivity index (χ1) is 7.66. The van der Waals surface area contributed by atoms with Crippen molar-refractivity contribution in [3.8, 4) is 5.75 Å². The van der Waals surface area contributed by atoms with Crippen LogP contribution in [0.25, 0.3) is 5.57 Å². The van der Waals surface area contributed by atoms with E-state index >= 15 is 0 Å². The molecule has 1 N–H and O–H groups in total. The van der Waals surface area contributed by atoms with Crippen molar-refractivity contribution in [2.45, 2.75) is 19.8 Å². The van der Waals surface area contributed by atoms with Crippen molar-refractivity contribution in [3.63, 3.8) is 0 Å². The lowest BCUT2D eigenvalue weighted by Gasteiger charge is -2.09. The summed E-state index contributed by atoms with van der Waals surface area (Å²) >= 11 is 0. The molecule has 84 valence electrons. The molecule has 1 aromatic carbocycles. The van der Waals surface area contributed by atoms with E-state index in [2.05, 4.69) is 0 Å². The zero-order chi connectivity index (χ0) is 11.5. The third-order valence-electron chi connectivity index (χ3n) is 2.63. The Morgan fingerprint density at radius 3 is 3.06 bits per heavy atom. The summed E-state index contributed by atoms with van der Waals surface area (Å²) < 4.78 is 5.58. The maximum Gasteiger partial charge on any atom is 0.328 e. The predicted molar refractivity (Wildman–Crippen MR) is 61.5 cm³/mol. The summed E-state index contributed by atoms with van der Waals surface area (Å²) in [6.45, 7) is 2.64. The van der Waals surface area contributed by atoms with Crippen LogP contribution in [0.1, 0.15) is 24.0 Å². The third kappa shape index (κ3) is 2.24. The second-order valence-electron chi connectivity index (χ2n) is 3.96. The van der Waals surface area contributed by atoms with Gasteiger partial charge in [0.1, 0.15) is 5.75 Å². The van der Waals surface area contributed by atoms with Crippen molar-refractivity contribution in [2.24, 2.45) is 0 Å². The summed E-state index contributed by atoms with van der Waals surface area (Å²) in [6, 6.07) is 5.86. The summed E-state index contributed by atoms with van der Waals surface area (Å²) in [6.07, 6.45) is 2.89. The van der Waals surface area contributed by atoms with Gasteiger partial charge < -0.3 is 9.84 Å². The van der Waals surface area contributed by atoms with Gasteiger partial charge in [0, 0.05) is 11.6 Å². The fourth-order valence-corrected chi connectivity index (χ4v) is 1.90. The van der Waals surface area contributed by atoms with Crippen molar-refractivity contribution >= 4 is 11.5 Å². The summed E-state index contributed by atoms with van der Waals surface area (Å²) in [5.41, 5.74) is 2.88. The number of ether oxygens (including phenoxy) is 1. The number of carbonyl (C=O) groups is 1. The topological polar surface area (TPSA) is 46.5 Å². The quantitative estimate of drug-likeness (QED) is 0.737. The number of carboxylic acids is 1. The Morgan fingerprint density at radius 2 is 2.31 bits per heavy atom. The highest BCUT2D eigenvalue weighted by Gasteiger charge is 2.14. The van der Waals surface area contributed by atoms with Gasteiger partial charge >= 0.3 is 5.97 Å². The number of carboxylic acid groups (broad SMARTS) is 1. The largest absolute Gasteiger partial charge is 0.493 e. The lowest BCUT2D eigenvalue weighted by atomic mass is 9.99. The molecule has 3 nitrogen and oxygen atoms in total. The molecule has 2 rings (SSSR count). The Hall–Kier alpha value is -1.77. The Bertz CT molecular complexity index is 446. The number of hydrogen-bond acceptors (Lipinski definition) is 2. The third-order valence-corrected chi connectivity index (χ3v) is 2.63. The highest BCUT2D eigenvalue weighted by Crippen LogP contribution is 2.32. The Balaban J connectivity index is 2.50. The van der Waals surface area contributed by atoms with Crippen LogP contribution in [0.2, 0.25) is 0 Å². The number of fused-ring (bicyclic) bond motifs is 1. The van der Waals surface area contributed by atoms with Crippen LogP contribution < -0.4 is 4.74 Å². The van der Waals surface area contributed by atoms with Gasteiger partial charge in [0.15, 0.2) is 0 Å². The molecule has 0 aromatic heterocycles. The van der Waals surface area contributed by atoms with E-state index in [1.807, 2.05) is 25.1 Å². The van der Waals surface area contributed by atoms with Crippen LogP contribution >= 0.6 is 0 Å². The molecule has 1 aliphatic heterocycles. The molecular formula is C13H14O3. The minimum Gasteiger partial charge on any atom is -0.493 e. The first-order valence-corrected chi connectivity index (χ1v) is 5.34. The highest BCUT2D eigenvalue weighted by molar-refractivity contribution is 5.91. The van der Waals surface area contributed by atoms with Crippen molar-refractivity contribution < 1.29 is 14.6 Å². The fraction of sp³-hybridized carbons (Fsp3) is 0.308. The molecule has 0 radical (unpaired) electrons.